The highest BCUT2D eigenvalue weighted by Gasteiger charge is 2.17. The van der Waals surface area contributed by atoms with Gasteiger partial charge in [-0.2, -0.15) is 0 Å². The van der Waals surface area contributed by atoms with Gasteiger partial charge in [0, 0.05) is 22.5 Å². The molecule has 5 heteroatoms. The van der Waals surface area contributed by atoms with E-state index in [2.05, 4.69) is 5.32 Å². The summed E-state index contributed by atoms with van der Waals surface area (Å²) in [5.74, 6) is 0.975. The number of fused-ring (bicyclic) bond motifs is 1. The Morgan fingerprint density at radius 1 is 1.04 bits per heavy atom. The molecule has 26 heavy (non-hydrogen) atoms. The van der Waals surface area contributed by atoms with Crippen LogP contribution >= 0.6 is 11.6 Å². The summed E-state index contributed by atoms with van der Waals surface area (Å²) in [5, 5.41) is 14.4. The molecule has 2 aromatic carbocycles. The molecule has 0 spiro atoms. The molecule has 0 fully saturated rings. The average Bonchev–Trinajstić information content (AvgIpc) is 2.96. The summed E-state index contributed by atoms with van der Waals surface area (Å²) in [6, 6.07) is 17.0. The number of aromatic hydroxyl groups is 1. The monoisotopic (exact) mass is 363 g/mol. The van der Waals surface area contributed by atoms with Crippen LogP contribution in [0.5, 0.6) is 5.75 Å². The Hall–Kier alpha value is -2.98. The fourth-order valence-corrected chi connectivity index (χ4v) is 3.12. The number of nitrogens with one attached hydrogen (secondary N) is 1. The van der Waals surface area contributed by atoms with Gasteiger partial charge in [-0.15, -0.1) is 0 Å². The number of pyridine rings is 1. The van der Waals surface area contributed by atoms with Crippen molar-refractivity contribution in [1.29, 1.82) is 0 Å². The van der Waals surface area contributed by atoms with Crippen molar-refractivity contribution in [2.24, 2.45) is 0 Å². The molecule has 0 saturated carbocycles. The first-order valence-corrected chi connectivity index (χ1v) is 8.71. The molecule has 130 valence electrons. The quantitative estimate of drug-likeness (QED) is 0.489. The standard InChI is InChI=1S/C21H18ClN3O/c1-13-7-10-19-24-20(16-5-3-4-6-18(16)26)21(25(19)12-13)23-15-9-8-14(2)17(22)11-15/h3-12,23,26H,1-2H3. The van der Waals surface area contributed by atoms with Crippen LogP contribution in [0.1, 0.15) is 11.1 Å². The molecular weight excluding hydrogens is 346 g/mol. The molecule has 0 aliphatic heterocycles. The lowest BCUT2D eigenvalue weighted by Gasteiger charge is -2.11. The second-order valence-electron chi connectivity index (χ2n) is 6.35. The van der Waals surface area contributed by atoms with Crippen molar-refractivity contribution >= 4 is 28.8 Å². The first kappa shape index (κ1) is 16.5. The van der Waals surface area contributed by atoms with Gasteiger partial charge in [0.2, 0.25) is 0 Å². The molecule has 0 saturated heterocycles. The summed E-state index contributed by atoms with van der Waals surface area (Å²) in [4.78, 5) is 4.73. The predicted octanol–water partition coefficient (Wildman–Crippen LogP) is 5.72. The van der Waals surface area contributed by atoms with Gasteiger partial charge in [0.15, 0.2) is 0 Å². The Morgan fingerprint density at radius 3 is 2.62 bits per heavy atom. The van der Waals surface area contributed by atoms with Gasteiger partial charge in [-0.05, 0) is 55.3 Å². The first-order valence-electron chi connectivity index (χ1n) is 8.33. The topological polar surface area (TPSA) is 49.6 Å². The number of halogens is 1. The molecule has 0 amide bonds. The molecule has 0 bridgehead atoms. The summed E-state index contributed by atoms with van der Waals surface area (Å²) in [5.41, 5.74) is 5.16. The van der Waals surface area contributed by atoms with E-state index in [1.165, 1.54) is 0 Å². The first-order chi connectivity index (χ1) is 12.5. The smallest absolute Gasteiger partial charge is 0.143 e. The summed E-state index contributed by atoms with van der Waals surface area (Å²) in [6.45, 7) is 4.00. The molecule has 0 unspecified atom stereocenters. The van der Waals surface area contributed by atoms with Crippen LogP contribution in [-0.4, -0.2) is 14.5 Å². The number of hydrogen-bond donors (Lipinski definition) is 2. The van der Waals surface area contributed by atoms with Crippen molar-refractivity contribution in [2.75, 3.05) is 5.32 Å². The highest BCUT2D eigenvalue weighted by molar-refractivity contribution is 6.31. The number of aryl methyl sites for hydroxylation is 2. The largest absolute Gasteiger partial charge is 0.507 e. The minimum atomic E-state index is 0.192. The fraction of sp³-hybridized carbons (Fsp3) is 0.0952. The van der Waals surface area contributed by atoms with E-state index in [1.807, 2.05) is 66.9 Å². The zero-order valence-corrected chi connectivity index (χ0v) is 15.2. The van der Waals surface area contributed by atoms with Crippen LogP contribution in [0.15, 0.2) is 60.8 Å². The van der Waals surface area contributed by atoms with Crippen LogP contribution in [0, 0.1) is 13.8 Å². The molecule has 0 aliphatic rings. The minimum Gasteiger partial charge on any atom is -0.507 e. The van der Waals surface area contributed by atoms with E-state index in [1.54, 1.807) is 12.1 Å². The normalized spacial score (nSPS) is 11.0. The van der Waals surface area contributed by atoms with Gasteiger partial charge in [-0.25, -0.2) is 4.98 Å². The van der Waals surface area contributed by atoms with E-state index in [0.717, 1.165) is 28.3 Å². The maximum absolute atomic E-state index is 10.3. The van der Waals surface area contributed by atoms with Crippen LogP contribution in [0.25, 0.3) is 16.9 Å². The number of phenolic OH excluding ortho intramolecular Hbond substituents is 1. The van der Waals surface area contributed by atoms with Crippen molar-refractivity contribution in [3.05, 3.63) is 76.9 Å². The van der Waals surface area contributed by atoms with E-state index in [0.29, 0.717) is 16.3 Å². The molecule has 2 aromatic heterocycles. The predicted molar refractivity (Wildman–Crippen MR) is 107 cm³/mol. The van der Waals surface area contributed by atoms with Gasteiger partial charge in [0.05, 0.1) is 0 Å². The van der Waals surface area contributed by atoms with Gasteiger partial charge < -0.3 is 10.4 Å². The molecule has 0 aliphatic carbocycles. The molecule has 0 atom stereocenters. The average molecular weight is 364 g/mol. The molecule has 4 rings (SSSR count). The third kappa shape index (κ3) is 2.89. The lowest BCUT2D eigenvalue weighted by Crippen LogP contribution is -1.98. The number of hydrogen-bond acceptors (Lipinski definition) is 3. The van der Waals surface area contributed by atoms with Crippen LogP contribution in [0.4, 0.5) is 11.5 Å². The van der Waals surface area contributed by atoms with Crippen molar-refractivity contribution in [3.8, 4) is 17.0 Å². The number of para-hydroxylation sites is 1. The second kappa shape index (κ2) is 6.39. The molecule has 4 nitrogen and oxygen atoms in total. The lowest BCUT2D eigenvalue weighted by atomic mass is 10.1. The van der Waals surface area contributed by atoms with E-state index >= 15 is 0 Å². The number of aromatic nitrogens is 2. The SMILES string of the molecule is Cc1ccc2nc(-c3ccccc3O)c(Nc3ccc(C)c(Cl)c3)n2c1. The maximum atomic E-state index is 10.3. The summed E-state index contributed by atoms with van der Waals surface area (Å²) >= 11 is 6.28. The Labute approximate surface area is 156 Å². The fourth-order valence-electron chi connectivity index (χ4n) is 2.94. The van der Waals surface area contributed by atoms with E-state index in [-0.39, 0.29) is 5.75 Å². The number of imidazole rings is 1. The minimum absolute atomic E-state index is 0.192. The van der Waals surface area contributed by atoms with Crippen molar-refractivity contribution in [3.63, 3.8) is 0 Å². The molecule has 2 heterocycles. The summed E-state index contributed by atoms with van der Waals surface area (Å²) in [6.07, 6.45) is 2.02. The maximum Gasteiger partial charge on any atom is 0.143 e. The molecule has 0 radical (unpaired) electrons. The number of anilines is 2. The van der Waals surface area contributed by atoms with E-state index in [4.69, 9.17) is 16.6 Å². The third-order valence-electron chi connectivity index (χ3n) is 4.36. The van der Waals surface area contributed by atoms with E-state index < -0.39 is 0 Å². The zero-order chi connectivity index (χ0) is 18.3. The van der Waals surface area contributed by atoms with Gasteiger partial charge in [0.25, 0.3) is 0 Å². The van der Waals surface area contributed by atoms with Gasteiger partial charge in [-0.1, -0.05) is 35.9 Å². The summed E-state index contributed by atoms with van der Waals surface area (Å²) < 4.78 is 1.99. The van der Waals surface area contributed by atoms with Crippen LogP contribution in [0.3, 0.4) is 0 Å². The third-order valence-corrected chi connectivity index (χ3v) is 4.77. The van der Waals surface area contributed by atoms with Crippen LogP contribution in [0.2, 0.25) is 5.02 Å². The molecule has 4 aromatic rings. The number of phenols is 1. The Balaban J connectivity index is 1.93. The lowest BCUT2D eigenvalue weighted by molar-refractivity contribution is 0.477. The van der Waals surface area contributed by atoms with Crippen molar-refractivity contribution in [1.82, 2.24) is 9.38 Å². The van der Waals surface area contributed by atoms with Crippen LogP contribution in [-0.2, 0) is 0 Å². The Bertz CT molecular complexity index is 1120. The van der Waals surface area contributed by atoms with Crippen LogP contribution < -0.4 is 5.32 Å². The van der Waals surface area contributed by atoms with Crippen molar-refractivity contribution in [2.45, 2.75) is 13.8 Å². The highest BCUT2D eigenvalue weighted by Crippen LogP contribution is 2.36. The van der Waals surface area contributed by atoms with Gasteiger partial charge in [0.1, 0.15) is 22.9 Å². The number of benzene rings is 2. The van der Waals surface area contributed by atoms with E-state index in [9.17, 15) is 5.11 Å². The van der Waals surface area contributed by atoms with Crippen molar-refractivity contribution < 1.29 is 5.11 Å². The number of rotatable bonds is 3. The number of nitrogens with zero attached hydrogens (tertiary/aromatic N) is 2. The van der Waals surface area contributed by atoms with Gasteiger partial charge in [-0.3, -0.25) is 4.40 Å². The second-order valence-corrected chi connectivity index (χ2v) is 6.76. The Morgan fingerprint density at radius 2 is 1.85 bits per heavy atom. The summed E-state index contributed by atoms with van der Waals surface area (Å²) in [7, 11) is 0. The highest BCUT2D eigenvalue weighted by atomic mass is 35.5. The zero-order valence-electron chi connectivity index (χ0n) is 14.5. The van der Waals surface area contributed by atoms with Gasteiger partial charge >= 0.3 is 0 Å². The molecular formula is C21H18ClN3O. The Kier molecular flexibility index (Phi) is 4.05. The molecule has 2 N–H and O–H groups in total.